The number of hydrogen-bond acceptors (Lipinski definition) is 4. The number of hydrogen-bond donors (Lipinski definition) is 1. The van der Waals surface area contributed by atoms with E-state index < -0.39 is 0 Å². The van der Waals surface area contributed by atoms with E-state index in [-0.39, 0.29) is 6.04 Å². The predicted molar refractivity (Wildman–Crippen MR) is 107 cm³/mol. The summed E-state index contributed by atoms with van der Waals surface area (Å²) in [6, 6.07) is 8.15. The SMILES string of the molecule is CCCn1ncc(CN[C@@H](C)c2cnn(-c3ccc(OC)cc3)c2C)c1C. The maximum absolute atomic E-state index is 5.23. The van der Waals surface area contributed by atoms with Gasteiger partial charge in [-0.15, -0.1) is 0 Å². The van der Waals surface area contributed by atoms with Gasteiger partial charge in [-0.25, -0.2) is 4.68 Å². The quantitative estimate of drug-likeness (QED) is 0.655. The highest BCUT2D eigenvalue weighted by atomic mass is 16.5. The zero-order valence-corrected chi connectivity index (χ0v) is 16.9. The first-order valence-electron chi connectivity index (χ1n) is 9.48. The van der Waals surface area contributed by atoms with Crippen molar-refractivity contribution in [1.82, 2.24) is 24.9 Å². The zero-order valence-electron chi connectivity index (χ0n) is 16.9. The van der Waals surface area contributed by atoms with Gasteiger partial charge in [0.25, 0.3) is 0 Å². The summed E-state index contributed by atoms with van der Waals surface area (Å²) in [6.07, 6.45) is 5.01. The summed E-state index contributed by atoms with van der Waals surface area (Å²) in [5.41, 5.74) is 5.85. The molecule has 1 atom stereocenters. The van der Waals surface area contributed by atoms with Gasteiger partial charge in [-0.1, -0.05) is 6.92 Å². The molecule has 0 saturated heterocycles. The van der Waals surface area contributed by atoms with E-state index >= 15 is 0 Å². The monoisotopic (exact) mass is 367 g/mol. The zero-order chi connectivity index (χ0) is 19.4. The Bertz CT molecular complexity index is 879. The third-order valence-electron chi connectivity index (χ3n) is 5.07. The maximum Gasteiger partial charge on any atom is 0.119 e. The molecule has 3 aromatic rings. The molecule has 0 radical (unpaired) electrons. The smallest absolute Gasteiger partial charge is 0.119 e. The third kappa shape index (κ3) is 4.06. The summed E-state index contributed by atoms with van der Waals surface area (Å²) in [5, 5.41) is 12.7. The number of benzene rings is 1. The Balaban J connectivity index is 1.70. The van der Waals surface area contributed by atoms with Crippen molar-refractivity contribution >= 4 is 0 Å². The van der Waals surface area contributed by atoms with Crippen molar-refractivity contribution in [3.63, 3.8) is 0 Å². The van der Waals surface area contributed by atoms with Crippen LogP contribution >= 0.6 is 0 Å². The van der Waals surface area contributed by atoms with Crippen LogP contribution in [0, 0.1) is 13.8 Å². The molecule has 1 aromatic carbocycles. The van der Waals surface area contributed by atoms with Crippen molar-refractivity contribution in [3.05, 3.63) is 59.2 Å². The first-order chi connectivity index (χ1) is 13.0. The van der Waals surface area contributed by atoms with E-state index in [1.54, 1.807) is 7.11 Å². The van der Waals surface area contributed by atoms with Crippen molar-refractivity contribution in [1.29, 1.82) is 0 Å². The standard InChI is InChI=1S/C21H29N5O/c1-6-11-25-16(3)18(13-23-25)12-22-15(2)21-14-24-26(17(21)4)19-7-9-20(27-5)10-8-19/h7-10,13-15,22H,6,11-12H2,1-5H3/t15-/m0/s1. The van der Waals surface area contributed by atoms with Gasteiger partial charge in [0.15, 0.2) is 0 Å². The highest BCUT2D eigenvalue weighted by Crippen LogP contribution is 2.22. The molecule has 27 heavy (non-hydrogen) atoms. The maximum atomic E-state index is 5.23. The van der Waals surface area contributed by atoms with E-state index in [1.807, 2.05) is 41.3 Å². The second kappa shape index (κ2) is 8.39. The molecule has 0 amide bonds. The number of ether oxygens (including phenoxy) is 1. The second-order valence-corrected chi connectivity index (χ2v) is 6.88. The van der Waals surface area contributed by atoms with Gasteiger partial charge in [0.1, 0.15) is 5.75 Å². The molecule has 6 nitrogen and oxygen atoms in total. The molecule has 0 aliphatic heterocycles. The third-order valence-corrected chi connectivity index (χ3v) is 5.07. The first-order valence-corrected chi connectivity index (χ1v) is 9.48. The topological polar surface area (TPSA) is 56.9 Å². The van der Waals surface area contributed by atoms with E-state index in [2.05, 4.69) is 47.9 Å². The Kier molecular flexibility index (Phi) is 5.96. The fourth-order valence-corrected chi connectivity index (χ4v) is 3.30. The van der Waals surface area contributed by atoms with Gasteiger partial charge in [0, 0.05) is 41.6 Å². The molecule has 0 bridgehead atoms. The molecule has 0 unspecified atom stereocenters. The van der Waals surface area contributed by atoms with Crippen LogP contribution in [-0.4, -0.2) is 26.7 Å². The number of aryl methyl sites for hydroxylation is 1. The average molecular weight is 367 g/mol. The Labute approximate surface area is 161 Å². The molecule has 0 saturated carbocycles. The van der Waals surface area contributed by atoms with E-state index in [0.717, 1.165) is 36.6 Å². The number of nitrogens with zero attached hydrogens (tertiary/aromatic N) is 4. The summed E-state index contributed by atoms with van der Waals surface area (Å²) in [4.78, 5) is 0. The van der Waals surface area contributed by atoms with Crippen molar-refractivity contribution < 1.29 is 4.74 Å². The van der Waals surface area contributed by atoms with Gasteiger partial charge >= 0.3 is 0 Å². The molecule has 2 aromatic heterocycles. The fraction of sp³-hybridized carbons (Fsp3) is 0.429. The molecule has 144 valence electrons. The van der Waals surface area contributed by atoms with Crippen LogP contribution in [0.2, 0.25) is 0 Å². The number of methoxy groups -OCH3 is 1. The molecule has 0 aliphatic carbocycles. The lowest BCUT2D eigenvalue weighted by Crippen LogP contribution is -2.19. The van der Waals surface area contributed by atoms with E-state index in [4.69, 9.17) is 4.74 Å². The van der Waals surface area contributed by atoms with Crippen LogP contribution in [0.5, 0.6) is 5.75 Å². The van der Waals surface area contributed by atoms with Gasteiger partial charge in [-0.05, 0) is 51.5 Å². The second-order valence-electron chi connectivity index (χ2n) is 6.88. The van der Waals surface area contributed by atoms with Gasteiger partial charge in [0.05, 0.1) is 25.2 Å². The number of rotatable bonds is 8. The minimum Gasteiger partial charge on any atom is -0.497 e. The average Bonchev–Trinajstić information content (AvgIpc) is 3.23. The minimum atomic E-state index is 0.200. The molecule has 3 rings (SSSR count). The Morgan fingerprint density at radius 2 is 1.81 bits per heavy atom. The first kappa shape index (κ1) is 19.2. The molecular weight excluding hydrogens is 338 g/mol. The van der Waals surface area contributed by atoms with Crippen molar-refractivity contribution in [2.75, 3.05) is 7.11 Å². The largest absolute Gasteiger partial charge is 0.497 e. The summed E-state index contributed by atoms with van der Waals surface area (Å²) in [7, 11) is 1.67. The lowest BCUT2D eigenvalue weighted by molar-refractivity contribution is 0.414. The molecule has 2 heterocycles. The minimum absolute atomic E-state index is 0.200. The summed E-state index contributed by atoms with van der Waals surface area (Å²) in [6.45, 7) is 10.4. The van der Waals surface area contributed by atoms with Crippen LogP contribution in [0.1, 0.15) is 48.8 Å². The highest BCUT2D eigenvalue weighted by Gasteiger charge is 2.15. The normalized spacial score (nSPS) is 12.3. The molecule has 0 fully saturated rings. The number of aromatic nitrogens is 4. The molecule has 1 N–H and O–H groups in total. The Morgan fingerprint density at radius 1 is 1.07 bits per heavy atom. The van der Waals surface area contributed by atoms with Gasteiger partial charge in [-0.3, -0.25) is 4.68 Å². The van der Waals surface area contributed by atoms with Crippen LogP contribution < -0.4 is 10.1 Å². The van der Waals surface area contributed by atoms with Gasteiger partial charge < -0.3 is 10.1 Å². The van der Waals surface area contributed by atoms with Gasteiger partial charge in [-0.2, -0.15) is 10.2 Å². The van der Waals surface area contributed by atoms with Crippen molar-refractivity contribution in [3.8, 4) is 11.4 Å². The molecule has 6 heteroatoms. The van der Waals surface area contributed by atoms with Crippen molar-refractivity contribution in [2.45, 2.75) is 53.2 Å². The fourth-order valence-electron chi connectivity index (χ4n) is 3.30. The van der Waals surface area contributed by atoms with Crippen molar-refractivity contribution in [2.24, 2.45) is 0 Å². The summed E-state index contributed by atoms with van der Waals surface area (Å²) in [5.74, 6) is 0.845. The van der Waals surface area contributed by atoms with E-state index in [0.29, 0.717) is 0 Å². The number of nitrogens with one attached hydrogen (secondary N) is 1. The lowest BCUT2D eigenvalue weighted by Gasteiger charge is -2.14. The lowest BCUT2D eigenvalue weighted by atomic mass is 10.1. The highest BCUT2D eigenvalue weighted by molar-refractivity contribution is 5.39. The van der Waals surface area contributed by atoms with Crippen LogP contribution in [0.3, 0.4) is 0 Å². The predicted octanol–water partition coefficient (Wildman–Crippen LogP) is 3.96. The summed E-state index contributed by atoms with van der Waals surface area (Å²) >= 11 is 0. The van der Waals surface area contributed by atoms with Crippen LogP contribution in [0.4, 0.5) is 0 Å². The van der Waals surface area contributed by atoms with Crippen LogP contribution in [0.25, 0.3) is 5.69 Å². The summed E-state index contributed by atoms with van der Waals surface area (Å²) < 4.78 is 9.28. The van der Waals surface area contributed by atoms with Gasteiger partial charge in [0.2, 0.25) is 0 Å². The molecule has 0 spiro atoms. The Morgan fingerprint density at radius 3 is 2.48 bits per heavy atom. The van der Waals surface area contributed by atoms with E-state index in [1.165, 1.54) is 16.8 Å². The molecular formula is C21H29N5O. The molecule has 0 aliphatic rings. The Hall–Kier alpha value is -2.60. The van der Waals surface area contributed by atoms with Crippen LogP contribution in [0.15, 0.2) is 36.7 Å². The van der Waals surface area contributed by atoms with Crippen LogP contribution in [-0.2, 0) is 13.1 Å². The van der Waals surface area contributed by atoms with E-state index in [9.17, 15) is 0 Å².